The van der Waals surface area contributed by atoms with Crippen LogP contribution >= 0.6 is 12.2 Å². The normalized spacial score (nSPS) is 15.1. The zero-order valence-corrected chi connectivity index (χ0v) is 17.8. The highest BCUT2D eigenvalue weighted by molar-refractivity contribution is 7.80. The highest BCUT2D eigenvalue weighted by atomic mass is 32.1. The van der Waals surface area contributed by atoms with Crippen LogP contribution < -0.4 is 10.2 Å². The van der Waals surface area contributed by atoms with Crippen LogP contribution in [0.3, 0.4) is 0 Å². The number of thiocarbonyl (C=S) groups is 1. The number of anilines is 2. The summed E-state index contributed by atoms with van der Waals surface area (Å²) in [5.74, 6) is 0. The lowest BCUT2D eigenvalue weighted by atomic mass is 10.2. The van der Waals surface area contributed by atoms with Crippen molar-refractivity contribution < 1.29 is 0 Å². The van der Waals surface area contributed by atoms with Crippen LogP contribution in [-0.2, 0) is 6.54 Å². The summed E-state index contributed by atoms with van der Waals surface area (Å²) in [6.45, 7) is 11.3. The maximum atomic E-state index is 5.69. The molecule has 3 rings (SSSR count). The van der Waals surface area contributed by atoms with Crippen LogP contribution in [-0.4, -0.2) is 59.2 Å². The molecule has 1 saturated heterocycles. The van der Waals surface area contributed by atoms with E-state index in [1.807, 2.05) is 12.3 Å². The van der Waals surface area contributed by atoms with Gasteiger partial charge in [0.2, 0.25) is 0 Å². The Morgan fingerprint density at radius 1 is 1.04 bits per heavy atom. The molecule has 1 aromatic carbocycles. The second-order valence-corrected chi connectivity index (χ2v) is 7.47. The zero-order valence-electron chi connectivity index (χ0n) is 17.0. The fourth-order valence-electron chi connectivity index (χ4n) is 3.60. The summed E-state index contributed by atoms with van der Waals surface area (Å²) < 4.78 is 0. The molecule has 6 heteroatoms. The van der Waals surface area contributed by atoms with Gasteiger partial charge in [0, 0.05) is 63.4 Å². The number of pyridine rings is 1. The van der Waals surface area contributed by atoms with Crippen molar-refractivity contribution in [2.75, 3.05) is 49.5 Å². The van der Waals surface area contributed by atoms with Gasteiger partial charge in [0.05, 0.1) is 5.69 Å². The van der Waals surface area contributed by atoms with E-state index < -0.39 is 0 Å². The van der Waals surface area contributed by atoms with Crippen molar-refractivity contribution in [2.24, 2.45) is 0 Å². The van der Waals surface area contributed by atoms with Gasteiger partial charge in [-0.1, -0.05) is 6.07 Å². The molecule has 28 heavy (non-hydrogen) atoms. The maximum Gasteiger partial charge on any atom is 0.173 e. The van der Waals surface area contributed by atoms with Crippen LogP contribution in [0.2, 0.25) is 0 Å². The number of benzene rings is 1. The third kappa shape index (κ3) is 5.66. The fraction of sp³-hybridized carbons (Fsp3) is 0.455. The van der Waals surface area contributed by atoms with E-state index in [9.17, 15) is 0 Å². The largest absolute Gasteiger partial charge is 0.372 e. The Labute approximate surface area is 174 Å². The van der Waals surface area contributed by atoms with Crippen molar-refractivity contribution in [2.45, 2.75) is 26.8 Å². The molecular formula is C22H31N5S. The molecule has 2 aromatic rings. The first-order chi connectivity index (χ1) is 13.7. The van der Waals surface area contributed by atoms with Gasteiger partial charge in [-0.05, 0) is 68.9 Å². The van der Waals surface area contributed by atoms with E-state index >= 15 is 0 Å². The van der Waals surface area contributed by atoms with Crippen molar-refractivity contribution in [3.8, 4) is 0 Å². The molecule has 5 nitrogen and oxygen atoms in total. The third-order valence-electron chi connectivity index (χ3n) is 5.23. The van der Waals surface area contributed by atoms with Gasteiger partial charge in [0.25, 0.3) is 0 Å². The third-order valence-corrected chi connectivity index (χ3v) is 5.59. The van der Waals surface area contributed by atoms with Crippen LogP contribution in [0.25, 0.3) is 0 Å². The molecule has 0 atom stereocenters. The molecule has 1 aliphatic heterocycles. The average Bonchev–Trinajstić information content (AvgIpc) is 2.96. The number of aromatic nitrogens is 1. The monoisotopic (exact) mass is 397 g/mol. The second-order valence-electron chi connectivity index (χ2n) is 7.09. The van der Waals surface area contributed by atoms with Crippen LogP contribution in [0, 0.1) is 0 Å². The summed E-state index contributed by atoms with van der Waals surface area (Å²) in [4.78, 5) is 11.5. The van der Waals surface area contributed by atoms with E-state index in [4.69, 9.17) is 12.2 Å². The smallest absolute Gasteiger partial charge is 0.173 e. The molecule has 0 saturated carbocycles. The average molecular weight is 398 g/mol. The summed E-state index contributed by atoms with van der Waals surface area (Å²) in [7, 11) is 0. The summed E-state index contributed by atoms with van der Waals surface area (Å²) >= 11 is 5.69. The van der Waals surface area contributed by atoms with Crippen molar-refractivity contribution in [1.29, 1.82) is 0 Å². The predicted molar refractivity (Wildman–Crippen MR) is 122 cm³/mol. The Morgan fingerprint density at radius 3 is 2.50 bits per heavy atom. The molecule has 0 unspecified atom stereocenters. The number of rotatable bonds is 6. The van der Waals surface area contributed by atoms with Gasteiger partial charge >= 0.3 is 0 Å². The Hall–Kier alpha value is -2.18. The van der Waals surface area contributed by atoms with E-state index in [-0.39, 0.29) is 0 Å². The van der Waals surface area contributed by atoms with Gasteiger partial charge in [0.15, 0.2) is 5.11 Å². The van der Waals surface area contributed by atoms with Gasteiger partial charge in [-0.2, -0.15) is 0 Å². The highest BCUT2D eigenvalue weighted by Gasteiger charge is 2.17. The zero-order chi connectivity index (χ0) is 19.8. The molecule has 0 radical (unpaired) electrons. The minimum Gasteiger partial charge on any atom is -0.372 e. The van der Waals surface area contributed by atoms with E-state index in [2.05, 4.69) is 75.2 Å². The van der Waals surface area contributed by atoms with E-state index in [1.165, 1.54) is 5.69 Å². The lowest BCUT2D eigenvalue weighted by Gasteiger charge is -2.25. The van der Waals surface area contributed by atoms with Gasteiger partial charge < -0.3 is 15.1 Å². The van der Waals surface area contributed by atoms with Gasteiger partial charge in [-0.15, -0.1) is 0 Å². The molecule has 2 heterocycles. The molecule has 0 amide bonds. The minimum absolute atomic E-state index is 0.815. The van der Waals surface area contributed by atoms with Gasteiger partial charge in [-0.3, -0.25) is 9.88 Å². The minimum atomic E-state index is 0.815. The molecule has 150 valence electrons. The summed E-state index contributed by atoms with van der Waals surface area (Å²) in [6.07, 6.45) is 2.97. The lowest BCUT2D eigenvalue weighted by molar-refractivity contribution is 0.275. The second kappa shape index (κ2) is 10.4. The number of nitrogens with one attached hydrogen (secondary N) is 1. The molecule has 1 aromatic heterocycles. The Kier molecular flexibility index (Phi) is 7.62. The molecule has 1 fully saturated rings. The molecule has 0 aliphatic carbocycles. The quantitative estimate of drug-likeness (QED) is 0.746. The number of hydrogen-bond acceptors (Lipinski definition) is 4. The van der Waals surface area contributed by atoms with E-state index in [0.29, 0.717) is 0 Å². The van der Waals surface area contributed by atoms with Gasteiger partial charge in [-0.25, -0.2) is 0 Å². The predicted octanol–water partition coefficient (Wildman–Crippen LogP) is 3.83. The number of nitrogens with zero attached hydrogens (tertiary/aromatic N) is 4. The lowest BCUT2D eigenvalue weighted by Crippen LogP contribution is -2.37. The topological polar surface area (TPSA) is 34.6 Å². The summed E-state index contributed by atoms with van der Waals surface area (Å²) in [5, 5.41) is 4.23. The molecule has 0 bridgehead atoms. The van der Waals surface area contributed by atoms with Crippen LogP contribution in [0.1, 0.15) is 26.0 Å². The first kappa shape index (κ1) is 20.6. The maximum absolute atomic E-state index is 5.69. The first-order valence-electron chi connectivity index (χ1n) is 10.2. The van der Waals surface area contributed by atoms with E-state index in [0.717, 1.165) is 68.7 Å². The van der Waals surface area contributed by atoms with E-state index in [1.54, 1.807) is 0 Å². The standard InChI is InChI=1S/C22H31N5S/c1-3-26(4-2)21-11-9-19(10-12-21)24-22(28)27-15-7-14-25(16-17-27)18-20-8-5-6-13-23-20/h5-6,8-13H,3-4,7,14-18H2,1-2H3,(H,24,28). The van der Waals surface area contributed by atoms with Crippen LogP contribution in [0.15, 0.2) is 48.7 Å². The van der Waals surface area contributed by atoms with Crippen molar-refractivity contribution >= 4 is 28.7 Å². The summed E-state index contributed by atoms with van der Waals surface area (Å²) in [5.41, 5.74) is 3.43. The summed E-state index contributed by atoms with van der Waals surface area (Å²) in [6, 6.07) is 14.7. The molecule has 1 aliphatic rings. The number of hydrogen-bond donors (Lipinski definition) is 1. The van der Waals surface area contributed by atoms with Crippen molar-refractivity contribution in [3.05, 3.63) is 54.4 Å². The highest BCUT2D eigenvalue weighted by Crippen LogP contribution is 2.18. The Balaban J connectivity index is 1.52. The SMILES string of the molecule is CCN(CC)c1ccc(NC(=S)N2CCCN(Cc3ccccn3)CC2)cc1. The van der Waals surface area contributed by atoms with Crippen molar-refractivity contribution in [3.63, 3.8) is 0 Å². The molecule has 1 N–H and O–H groups in total. The van der Waals surface area contributed by atoms with Gasteiger partial charge in [0.1, 0.15) is 0 Å². The molecular weight excluding hydrogens is 366 g/mol. The van der Waals surface area contributed by atoms with Crippen molar-refractivity contribution in [1.82, 2.24) is 14.8 Å². The van der Waals surface area contributed by atoms with Crippen LogP contribution in [0.4, 0.5) is 11.4 Å². The van der Waals surface area contributed by atoms with Crippen LogP contribution in [0.5, 0.6) is 0 Å². The Bertz CT molecular complexity index is 730. The fourth-order valence-corrected chi connectivity index (χ4v) is 3.90. The Morgan fingerprint density at radius 2 is 1.82 bits per heavy atom. The molecule has 0 spiro atoms. The first-order valence-corrected chi connectivity index (χ1v) is 10.6.